The Morgan fingerprint density at radius 1 is 1.15 bits per heavy atom. The number of aliphatic hydroxyl groups excluding tert-OH is 1. The van der Waals surface area contributed by atoms with Crippen LogP contribution in [-0.2, 0) is 6.54 Å². The van der Waals surface area contributed by atoms with Crippen LogP contribution in [0, 0.1) is 0 Å². The van der Waals surface area contributed by atoms with Crippen LogP contribution in [0.2, 0.25) is 0 Å². The summed E-state index contributed by atoms with van der Waals surface area (Å²) in [5.74, 6) is 0. The first-order valence-electron chi connectivity index (χ1n) is 6.39. The van der Waals surface area contributed by atoms with Crippen molar-refractivity contribution in [1.82, 2.24) is 0 Å². The van der Waals surface area contributed by atoms with E-state index in [0.29, 0.717) is 18.7 Å². The van der Waals surface area contributed by atoms with E-state index in [4.69, 9.17) is 0 Å². The van der Waals surface area contributed by atoms with E-state index in [-0.39, 0.29) is 6.61 Å². The molecule has 0 radical (unpaired) electrons. The van der Waals surface area contributed by atoms with Crippen LogP contribution < -0.4 is 4.90 Å². The zero-order valence-electron chi connectivity index (χ0n) is 11.0. The molecule has 1 N–H and O–H groups in total. The van der Waals surface area contributed by atoms with E-state index in [9.17, 15) is 9.90 Å². The van der Waals surface area contributed by atoms with Crippen LogP contribution in [0.4, 0.5) is 5.69 Å². The summed E-state index contributed by atoms with van der Waals surface area (Å²) in [6, 6.07) is 15.7. The predicted octanol–water partition coefficient (Wildman–Crippen LogP) is 3.26. The van der Waals surface area contributed by atoms with Crippen molar-refractivity contribution in [3.63, 3.8) is 0 Å². The van der Waals surface area contributed by atoms with E-state index in [2.05, 4.69) is 33.0 Å². The number of benzene rings is 2. The van der Waals surface area contributed by atoms with Crippen molar-refractivity contribution in [3.8, 4) is 0 Å². The molecule has 3 nitrogen and oxygen atoms in total. The summed E-state index contributed by atoms with van der Waals surface area (Å²) >= 11 is 3.39. The number of halogens is 1. The first-order chi connectivity index (χ1) is 9.74. The van der Waals surface area contributed by atoms with Gasteiger partial charge in [-0.1, -0.05) is 30.3 Å². The number of aliphatic hydroxyl groups is 1. The molecule has 0 fully saturated rings. The maximum absolute atomic E-state index is 10.8. The van der Waals surface area contributed by atoms with E-state index < -0.39 is 0 Å². The molecule has 0 unspecified atom stereocenters. The second-order valence-corrected chi connectivity index (χ2v) is 5.31. The number of carbonyl (C=O) groups is 1. The average molecular weight is 334 g/mol. The summed E-state index contributed by atoms with van der Waals surface area (Å²) in [6.07, 6.45) is 0.821. The number of hydrogen-bond donors (Lipinski definition) is 1. The molecule has 0 amide bonds. The number of aldehydes is 1. The summed E-state index contributed by atoms with van der Waals surface area (Å²) in [5, 5.41) is 9.24. The van der Waals surface area contributed by atoms with Gasteiger partial charge in [0.2, 0.25) is 0 Å². The second-order valence-electron chi connectivity index (χ2n) is 4.45. The fourth-order valence-electron chi connectivity index (χ4n) is 2.03. The average Bonchev–Trinajstić information content (AvgIpc) is 2.48. The first kappa shape index (κ1) is 14.8. The van der Waals surface area contributed by atoms with Crippen molar-refractivity contribution >= 4 is 27.9 Å². The van der Waals surface area contributed by atoms with Gasteiger partial charge in [-0.15, -0.1) is 0 Å². The number of hydrogen-bond acceptors (Lipinski definition) is 3. The molecule has 104 valence electrons. The van der Waals surface area contributed by atoms with E-state index in [1.807, 2.05) is 30.3 Å². The molecule has 0 heterocycles. The molecule has 0 aliphatic heterocycles. The standard InChI is InChI=1S/C16H16BrNO2/c17-16-10-15(7-6-14(16)12-20)18(8-9-19)11-13-4-2-1-3-5-13/h1-7,10,12,19H,8-9,11H2. The minimum atomic E-state index is 0.0832. The molecule has 2 aromatic rings. The molecule has 0 atom stereocenters. The van der Waals surface area contributed by atoms with Crippen molar-refractivity contribution in [2.24, 2.45) is 0 Å². The van der Waals surface area contributed by atoms with Crippen LogP contribution in [0.25, 0.3) is 0 Å². The Morgan fingerprint density at radius 3 is 2.50 bits per heavy atom. The number of anilines is 1. The minimum absolute atomic E-state index is 0.0832. The molecule has 0 aliphatic rings. The van der Waals surface area contributed by atoms with Gasteiger partial charge in [0.25, 0.3) is 0 Å². The third kappa shape index (κ3) is 3.68. The topological polar surface area (TPSA) is 40.5 Å². The third-order valence-corrected chi connectivity index (χ3v) is 3.75. The van der Waals surface area contributed by atoms with E-state index in [0.717, 1.165) is 16.4 Å². The lowest BCUT2D eigenvalue weighted by atomic mass is 10.1. The van der Waals surface area contributed by atoms with Crippen LogP contribution in [-0.4, -0.2) is 24.5 Å². The van der Waals surface area contributed by atoms with E-state index >= 15 is 0 Å². The Bertz CT molecular complexity index is 572. The molecule has 2 aromatic carbocycles. The van der Waals surface area contributed by atoms with Gasteiger partial charge >= 0.3 is 0 Å². The Morgan fingerprint density at radius 2 is 1.90 bits per heavy atom. The molecule has 4 heteroatoms. The first-order valence-corrected chi connectivity index (χ1v) is 7.18. The molecule has 0 saturated carbocycles. The van der Waals surface area contributed by atoms with Gasteiger partial charge < -0.3 is 10.0 Å². The molecular weight excluding hydrogens is 318 g/mol. The summed E-state index contributed by atoms with van der Waals surface area (Å²) in [6.45, 7) is 1.34. The molecule has 20 heavy (non-hydrogen) atoms. The lowest BCUT2D eigenvalue weighted by Crippen LogP contribution is -2.26. The van der Waals surface area contributed by atoms with Crippen LogP contribution in [0.5, 0.6) is 0 Å². The van der Waals surface area contributed by atoms with Crippen molar-refractivity contribution in [3.05, 3.63) is 64.1 Å². The van der Waals surface area contributed by atoms with Gasteiger partial charge in [-0.05, 0) is 39.7 Å². The van der Waals surface area contributed by atoms with Crippen molar-refractivity contribution < 1.29 is 9.90 Å². The zero-order chi connectivity index (χ0) is 14.4. The smallest absolute Gasteiger partial charge is 0.151 e. The maximum atomic E-state index is 10.8. The number of carbonyl (C=O) groups excluding carboxylic acids is 1. The zero-order valence-corrected chi connectivity index (χ0v) is 12.6. The Labute approximate surface area is 127 Å². The Kier molecular flexibility index (Phi) is 5.32. The van der Waals surface area contributed by atoms with Gasteiger partial charge in [0, 0.05) is 28.8 Å². The Hall–Kier alpha value is -1.65. The number of rotatable bonds is 6. The lowest BCUT2D eigenvalue weighted by Gasteiger charge is -2.24. The van der Waals surface area contributed by atoms with Gasteiger partial charge in [0.15, 0.2) is 6.29 Å². The van der Waals surface area contributed by atoms with Crippen LogP contribution >= 0.6 is 15.9 Å². The summed E-state index contributed by atoms with van der Waals surface area (Å²) in [4.78, 5) is 12.9. The SMILES string of the molecule is O=Cc1ccc(N(CCO)Cc2ccccc2)cc1Br. The van der Waals surface area contributed by atoms with E-state index in [1.54, 1.807) is 6.07 Å². The summed E-state index contributed by atoms with van der Waals surface area (Å²) in [7, 11) is 0. The molecule has 0 aromatic heterocycles. The van der Waals surface area contributed by atoms with Gasteiger partial charge in [0.05, 0.1) is 6.61 Å². The highest BCUT2D eigenvalue weighted by atomic mass is 79.9. The highest BCUT2D eigenvalue weighted by molar-refractivity contribution is 9.10. The predicted molar refractivity (Wildman–Crippen MR) is 84.1 cm³/mol. The van der Waals surface area contributed by atoms with Gasteiger partial charge in [0.1, 0.15) is 0 Å². The molecule has 0 saturated heterocycles. The fraction of sp³-hybridized carbons (Fsp3) is 0.188. The van der Waals surface area contributed by atoms with Crippen LogP contribution in [0.15, 0.2) is 53.0 Å². The summed E-state index contributed by atoms with van der Waals surface area (Å²) < 4.78 is 0.765. The lowest BCUT2D eigenvalue weighted by molar-refractivity contribution is 0.112. The molecule has 0 aliphatic carbocycles. The molecular formula is C16H16BrNO2. The minimum Gasteiger partial charge on any atom is -0.395 e. The van der Waals surface area contributed by atoms with Gasteiger partial charge in [-0.2, -0.15) is 0 Å². The van der Waals surface area contributed by atoms with Gasteiger partial charge in [-0.25, -0.2) is 0 Å². The van der Waals surface area contributed by atoms with Crippen LogP contribution in [0.1, 0.15) is 15.9 Å². The van der Waals surface area contributed by atoms with Crippen molar-refractivity contribution in [1.29, 1.82) is 0 Å². The number of nitrogens with zero attached hydrogens (tertiary/aromatic N) is 1. The summed E-state index contributed by atoms with van der Waals surface area (Å²) in [5.41, 5.74) is 2.77. The second kappa shape index (κ2) is 7.22. The van der Waals surface area contributed by atoms with Crippen molar-refractivity contribution in [2.75, 3.05) is 18.1 Å². The molecule has 0 bridgehead atoms. The maximum Gasteiger partial charge on any atom is 0.151 e. The molecule has 2 rings (SSSR count). The van der Waals surface area contributed by atoms with Gasteiger partial charge in [-0.3, -0.25) is 4.79 Å². The van der Waals surface area contributed by atoms with Crippen molar-refractivity contribution in [2.45, 2.75) is 6.54 Å². The quantitative estimate of drug-likeness (QED) is 0.825. The fourth-order valence-corrected chi connectivity index (χ4v) is 2.49. The van der Waals surface area contributed by atoms with E-state index in [1.165, 1.54) is 5.56 Å². The highest BCUT2D eigenvalue weighted by Crippen LogP contribution is 2.24. The molecule has 0 spiro atoms. The normalized spacial score (nSPS) is 10.3. The monoisotopic (exact) mass is 333 g/mol. The Balaban J connectivity index is 2.24. The highest BCUT2D eigenvalue weighted by Gasteiger charge is 2.09. The largest absolute Gasteiger partial charge is 0.395 e. The third-order valence-electron chi connectivity index (χ3n) is 3.06. The van der Waals surface area contributed by atoms with Crippen LogP contribution in [0.3, 0.4) is 0 Å².